The average molecular weight is 212 g/mol. The molecule has 0 bridgehead atoms. The number of phenols is 1. The van der Waals surface area contributed by atoms with Crippen molar-refractivity contribution >= 4 is 22.9 Å². The van der Waals surface area contributed by atoms with E-state index in [0.717, 1.165) is 11.3 Å². The number of benzene rings is 1. The highest BCUT2D eigenvalue weighted by molar-refractivity contribution is 7.14. The zero-order chi connectivity index (χ0) is 9.26. The Morgan fingerprint density at radius 3 is 2.85 bits per heavy atom. The maximum atomic E-state index is 9.22. The molecule has 1 aromatic heterocycles. The molecule has 1 heterocycles. The first kappa shape index (κ1) is 8.53. The number of rotatable bonds is 1. The molecule has 0 atom stereocenters. The molecular formula is C9H6ClNOS. The fourth-order valence-corrected chi connectivity index (χ4v) is 1.82. The minimum Gasteiger partial charge on any atom is -0.508 e. The SMILES string of the molecule is Oc1cccc(-c2csc(Cl)n2)c1. The highest BCUT2D eigenvalue weighted by Crippen LogP contribution is 2.26. The Labute approximate surface area is 84.4 Å². The van der Waals surface area contributed by atoms with Crippen LogP contribution in [0, 0.1) is 0 Å². The molecule has 0 spiro atoms. The third kappa shape index (κ3) is 1.82. The Morgan fingerprint density at radius 1 is 1.38 bits per heavy atom. The summed E-state index contributed by atoms with van der Waals surface area (Å²) >= 11 is 7.07. The molecule has 0 radical (unpaired) electrons. The summed E-state index contributed by atoms with van der Waals surface area (Å²) in [6.07, 6.45) is 0. The molecule has 2 rings (SSSR count). The van der Waals surface area contributed by atoms with Crippen LogP contribution in [0.4, 0.5) is 0 Å². The van der Waals surface area contributed by atoms with E-state index in [1.165, 1.54) is 11.3 Å². The Bertz CT molecular complexity index is 427. The molecule has 2 aromatic rings. The van der Waals surface area contributed by atoms with E-state index in [0.29, 0.717) is 4.47 Å². The van der Waals surface area contributed by atoms with E-state index in [1.807, 2.05) is 11.4 Å². The quantitative estimate of drug-likeness (QED) is 0.786. The van der Waals surface area contributed by atoms with Crippen molar-refractivity contribution < 1.29 is 5.11 Å². The maximum Gasteiger partial charge on any atom is 0.184 e. The average Bonchev–Trinajstić information content (AvgIpc) is 2.52. The second kappa shape index (κ2) is 3.36. The standard InChI is InChI=1S/C9H6ClNOS/c10-9-11-8(5-13-9)6-2-1-3-7(12)4-6/h1-5,12H. The molecule has 13 heavy (non-hydrogen) atoms. The zero-order valence-electron chi connectivity index (χ0n) is 6.57. The van der Waals surface area contributed by atoms with Gasteiger partial charge < -0.3 is 5.11 Å². The summed E-state index contributed by atoms with van der Waals surface area (Å²) < 4.78 is 0.512. The van der Waals surface area contributed by atoms with Gasteiger partial charge in [-0.3, -0.25) is 0 Å². The summed E-state index contributed by atoms with van der Waals surface area (Å²) in [5.74, 6) is 0.238. The number of hydrogen-bond donors (Lipinski definition) is 1. The number of halogens is 1. The molecule has 4 heteroatoms. The van der Waals surface area contributed by atoms with Crippen molar-refractivity contribution in [2.45, 2.75) is 0 Å². The largest absolute Gasteiger partial charge is 0.508 e. The molecule has 2 nitrogen and oxygen atoms in total. The van der Waals surface area contributed by atoms with Gasteiger partial charge in [-0.15, -0.1) is 11.3 Å². The van der Waals surface area contributed by atoms with E-state index in [-0.39, 0.29) is 5.75 Å². The van der Waals surface area contributed by atoms with Crippen LogP contribution in [0.2, 0.25) is 4.47 Å². The second-order valence-electron chi connectivity index (χ2n) is 2.54. The summed E-state index contributed by atoms with van der Waals surface area (Å²) in [4.78, 5) is 4.09. The minimum atomic E-state index is 0.238. The highest BCUT2D eigenvalue weighted by atomic mass is 35.5. The van der Waals surface area contributed by atoms with Gasteiger partial charge in [-0.2, -0.15) is 0 Å². The summed E-state index contributed by atoms with van der Waals surface area (Å²) in [6.45, 7) is 0. The lowest BCUT2D eigenvalue weighted by Crippen LogP contribution is -1.75. The first-order chi connectivity index (χ1) is 6.25. The van der Waals surface area contributed by atoms with Gasteiger partial charge in [0, 0.05) is 10.9 Å². The summed E-state index contributed by atoms with van der Waals surface area (Å²) in [7, 11) is 0. The number of aromatic nitrogens is 1. The molecule has 0 amide bonds. The van der Waals surface area contributed by atoms with Crippen LogP contribution in [-0.4, -0.2) is 10.1 Å². The molecule has 0 saturated carbocycles. The Kier molecular flexibility index (Phi) is 2.20. The molecule has 0 unspecified atom stereocenters. The molecule has 0 aliphatic carbocycles. The topological polar surface area (TPSA) is 33.1 Å². The van der Waals surface area contributed by atoms with E-state index >= 15 is 0 Å². The van der Waals surface area contributed by atoms with Crippen LogP contribution in [0.1, 0.15) is 0 Å². The number of nitrogens with zero attached hydrogens (tertiary/aromatic N) is 1. The molecule has 66 valence electrons. The van der Waals surface area contributed by atoms with Crippen LogP contribution in [0.15, 0.2) is 29.6 Å². The van der Waals surface area contributed by atoms with Crippen molar-refractivity contribution in [3.8, 4) is 17.0 Å². The van der Waals surface area contributed by atoms with Gasteiger partial charge in [0.25, 0.3) is 0 Å². The lowest BCUT2D eigenvalue weighted by Gasteiger charge is -1.96. The first-order valence-electron chi connectivity index (χ1n) is 3.66. The second-order valence-corrected chi connectivity index (χ2v) is 3.98. The van der Waals surface area contributed by atoms with Crippen molar-refractivity contribution in [3.05, 3.63) is 34.1 Å². The zero-order valence-corrected chi connectivity index (χ0v) is 8.14. The molecular weight excluding hydrogens is 206 g/mol. The van der Waals surface area contributed by atoms with Crippen LogP contribution < -0.4 is 0 Å². The number of phenolic OH excluding ortho intramolecular Hbond substituents is 1. The van der Waals surface area contributed by atoms with Gasteiger partial charge in [-0.25, -0.2) is 4.98 Å². The van der Waals surface area contributed by atoms with Gasteiger partial charge in [0.05, 0.1) is 5.69 Å². The maximum absolute atomic E-state index is 9.22. The van der Waals surface area contributed by atoms with Crippen LogP contribution in [0.25, 0.3) is 11.3 Å². The van der Waals surface area contributed by atoms with E-state index in [9.17, 15) is 5.11 Å². The summed E-state index contributed by atoms with van der Waals surface area (Å²) in [6, 6.07) is 6.94. The van der Waals surface area contributed by atoms with Gasteiger partial charge in [0.15, 0.2) is 4.47 Å². The lowest BCUT2D eigenvalue weighted by molar-refractivity contribution is 0.475. The van der Waals surface area contributed by atoms with Crippen molar-refractivity contribution in [3.63, 3.8) is 0 Å². The van der Waals surface area contributed by atoms with Crippen LogP contribution >= 0.6 is 22.9 Å². The third-order valence-corrected chi connectivity index (χ3v) is 2.60. The number of aromatic hydroxyl groups is 1. The first-order valence-corrected chi connectivity index (χ1v) is 4.92. The van der Waals surface area contributed by atoms with Gasteiger partial charge in [-0.05, 0) is 12.1 Å². The normalized spacial score (nSPS) is 10.2. The van der Waals surface area contributed by atoms with Gasteiger partial charge >= 0.3 is 0 Å². The fraction of sp³-hybridized carbons (Fsp3) is 0. The van der Waals surface area contributed by atoms with E-state index in [1.54, 1.807) is 18.2 Å². The smallest absolute Gasteiger partial charge is 0.184 e. The van der Waals surface area contributed by atoms with E-state index < -0.39 is 0 Å². The molecule has 1 N–H and O–H groups in total. The summed E-state index contributed by atoms with van der Waals surface area (Å²) in [5, 5.41) is 11.1. The van der Waals surface area contributed by atoms with Crippen molar-refractivity contribution in [2.24, 2.45) is 0 Å². The predicted molar refractivity (Wildman–Crippen MR) is 54.2 cm³/mol. The van der Waals surface area contributed by atoms with Crippen LogP contribution in [0.5, 0.6) is 5.75 Å². The monoisotopic (exact) mass is 211 g/mol. The van der Waals surface area contributed by atoms with Crippen molar-refractivity contribution in [1.29, 1.82) is 0 Å². The van der Waals surface area contributed by atoms with E-state index in [2.05, 4.69) is 4.98 Å². The van der Waals surface area contributed by atoms with Gasteiger partial charge in [0.2, 0.25) is 0 Å². The number of thiazole rings is 1. The Morgan fingerprint density at radius 2 is 2.23 bits per heavy atom. The van der Waals surface area contributed by atoms with Crippen LogP contribution in [-0.2, 0) is 0 Å². The summed E-state index contributed by atoms with van der Waals surface area (Å²) in [5.41, 5.74) is 1.68. The predicted octanol–water partition coefficient (Wildman–Crippen LogP) is 3.17. The van der Waals surface area contributed by atoms with Gasteiger partial charge in [-0.1, -0.05) is 23.7 Å². The van der Waals surface area contributed by atoms with E-state index in [4.69, 9.17) is 11.6 Å². The highest BCUT2D eigenvalue weighted by Gasteiger charge is 2.02. The van der Waals surface area contributed by atoms with Crippen LogP contribution in [0.3, 0.4) is 0 Å². The van der Waals surface area contributed by atoms with Crippen molar-refractivity contribution in [1.82, 2.24) is 4.98 Å². The minimum absolute atomic E-state index is 0.238. The molecule has 0 saturated heterocycles. The third-order valence-electron chi connectivity index (χ3n) is 1.62. The Balaban J connectivity index is 2.46. The molecule has 1 aromatic carbocycles. The molecule has 0 fully saturated rings. The van der Waals surface area contributed by atoms with Crippen molar-refractivity contribution in [2.75, 3.05) is 0 Å². The molecule has 0 aliphatic heterocycles. The Hall–Kier alpha value is -1.06. The lowest BCUT2D eigenvalue weighted by atomic mass is 10.2. The fourth-order valence-electron chi connectivity index (χ4n) is 1.05. The number of hydrogen-bond acceptors (Lipinski definition) is 3. The van der Waals surface area contributed by atoms with Gasteiger partial charge in [0.1, 0.15) is 5.75 Å². The molecule has 0 aliphatic rings.